The molecule has 0 aromatic rings. The maximum atomic E-state index is 10.7. The van der Waals surface area contributed by atoms with Gasteiger partial charge in [0.05, 0.1) is 6.04 Å². The van der Waals surface area contributed by atoms with Crippen LogP contribution >= 0.6 is 0 Å². The van der Waals surface area contributed by atoms with Gasteiger partial charge in [-0.3, -0.25) is 4.79 Å². The summed E-state index contributed by atoms with van der Waals surface area (Å²) in [5, 5.41) is 0. The Balaban J connectivity index is 4.13. The molecule has 2 unspecified atom stereocenters. The lowest BCUT2D eigenvalue weighted by Gasteiger charge is -2.23. The summed E-state index contributed by atoms with van der Waals surface area (Å²) in [5.74, 6) is 0.237. The highest BCUT2D eigenvalue weighted by molar-refractivity contribution is 5.79. The zero-order valence-electron chi connectivity index (χ0n) is 7.50. The van der Waals surface area contributed by atoms with E-state index in [1.807, 2.05) is 6.92 Å². The molecule has 1 amide bonds. The molecule has 0 aliphatic heterocycles. The van der Waals surface area contributed by atoms with Crippen molar-refractivity contribution in [3.05, 3.63) is 0 Å². The lowest BCUT2D eigenvalue weighted by Crippen LogP contribution is -2.44. The molecule has 3 nitrogen and oxygen atoms in total. The quantitative estimate of drug-likeness (QED) is 0.625. The molecule has 0 heterocycles. The second-order valence-electron chi connectivity index (χ2n) is 3.24. The van der Waals surface area contributed by atoms with Gasteiger partial charge < -0.3 is 11.5 Å². The van der Waals surface area contributed by atoms with E-state index < -0.39 is 11.9 Å². The number of amides is 1. The first-order valence-electron chi connectivity index (χ1n) is 4.05. The number of hydrogen-bond donors (Lipinski definition) is 2. The molecular weight excluding hydrogens is 140 g/mol. The Hall–Kier alpha value is -0.570. The Morgan fingerprint density at radius 1 is 1.45 bits per heavy atom. The van der Waals surface area contributed by atoms with Crippen molar-refractivity contribution in [1.29, 1.82) is 0 Å². The van der Waals surface area contributed by atoms with E-state index in [0.29, 0.717) is 5.92 Å². The van der Waals surface area contributed by atoms with Gasteiger partial charge in [0, 0.05) is 0 Å². The van der Waals surface area contributed by atoms with Gasteiger partial charge in [0.2, 0.25) is 5.91 Å². The third-order valence-electron chi connectivity index (χ3n) is 2.12. The standard InChI is InChI=1S/C8H18N2O/c1-4-6(5(2)3)7(9)8(10)11/h5-7H,4,9H2,1-3H3,(H2,10,11). The van der Waals surface area contributed by atoms with Crippen molar-refractivity contribution >= 4 is 5.91 Å². The van der Waals surface area contributed by atoms with Crippen molar-refractivity contribution in [3.63, 3.8) is 0 Å². The Morgan fingerprint density at radius 3 is 2.00 bits per heavy atom. The van der Waals surface area contributed by atoms with Crippen LogP contribution in [0.5, 0.6) is 0 Å². The molecule has 0 rings (SSSR count). The molecule has 0 fully saturated rings. The van der Waals surface area contributed by atoms with E-state index in [1.54, 1.807) is 0 Å². The highest BCUT2D eigenvalue weighted by Gasteiger charge is 2.23. The Morgan fingerprint density at radius 2 is 1.91 bits per heavy atom. The molecule has 2 atom stereocenters. The number of hydrogen-bond acceptors (Lipinski definition) is 2. The summed E-state index contributed by atoms with van der Waals surface area (Å²) in [5.41, 5.74) is 10.7. The van der Waals surface area contributed by atoms with Crippen LogP contribution in [0.25, 0.3) is 0 Å². The number of rotatable bonds is 4. The van der Waals surface area contributed by atoms with Crippen LogP contribution in [0.1, 0.15) is 27.2 Å². The molecule has 0 aliphatic rings. The summed E-state index contributed by atoms with van der Waals surface area (Å²) in [7, 11) is 0. The minimum atomic E-state index is -0.486. The predicted molar refractivity (Wildman–Crippen MR) is 45.8 cm³/mol. The van der Waals surface area contributed by atoms with E-state index in [9.17, 15) is 4.79 Å². The summed E-state index contributed by atoms with van der Waals surface area (Å²) >= 11 is 0. The van der Waals surface area contributed by atoms with Crippen LogP contribution in [0, 0.1) is 11.8 Å². The maximum Gasteiger partial charge on any atom is 0.234 e. The number of primary amides is 1. The first-order chi connectivity index (χ1) is 5.00. The van der Waals surface area contributed by atoms with E-state index in [4.69, 9.17) is 11.5 Å². The molecule has 0 bridgehead atoms. The van der Waals surface area contributed by atoms with Crippen LogP contribution in [-0.2, 0) is 4.79 Å². The van der Waals surface area contributed by atoms with Crippen molar-refractivity contribution in [2.45, 2.75) is 33.2 Å². The van der Waals surface area contributed by atoms with Crippen molar-refractivity contribution in [2.24, 2.45) is 23.3 Å². The molecule has 66 valence electrons. The molecule has 11 heavy (non-hydrogen) atoms. The average molecular weight is 158 g/mol. The first kappa shape index (κ1) is 10.4. The van der Waals surface area contributed by atoms with Gasteiger partial charge in [0.15, 0.2) is 0 Å². The molecule has 0 saturated heterocycles. The highest BCUT2D eigenvalue weighted by atomic mass is 16.1. The SMILES string of the molecule is CCC(C(C)C)C(N)C(N)=O. The van der Waals surface area contributed by atoms with Gasteiger partial charge in [-0.05, 0) is 11.8 Å². The van der Waals surface area contributed by atoms with E-state index >= 15 is 0 Å². The topological polar surface area (TPSA) is 69.1 Å². The lowest BCUT2D eigenvalue weighted by molar-refractivity contribution is -0.120. The molecule has 0 spiro atoms. The minimum absolute atomic E-state index is 0.215. The van der Waals surface area contributed by atoms with E-state index in [-0.39, 0.29) is 5.92 Å². The van der Waals surface area contributed by atoms with Crippen LogP contribution in [0.2, 0.25) is 0 Å². The molecular formula is C8H18N2O. The first-order valence-corrected chi connectivity index (χ1v) is 4.05. The van der Waals surface area contributed by atoms with Gasteiger partial charge in [-0.25, -0.2) is 0 Å². The summed E-state index contributed by atoms with van der Waals surface area (Å²) in [4.78, 5) is 10.7. The highest BCUT2D eigenvalue weighted by Crippen LogP contribution is 2.17. The second-order valence-corrected chi connectivity index (χ2v) is 3.24. The van der Waals surface area contributed by atoms with Gasteiger partial charge in [0.1, 0.15) is 0 Å². The Labute approximate surface area is 68.1 Å². The Bertz CT molecular complexity index is 134. The number of carbonyl (C=O) groups is 1. The fourth-order valence-corrected chi connectivity index (χ4v) is 1.35. The zero-order chi connectivity index (χ0) is 9.02. The molecule has 0 aromatic heterocycles. The smallest absolute Gasteiger partial charge is 0.234 e. The number of nitrogens with two attached hydrogens (primary N) is 2. The van der Waals surface area contributed by atoms with Crippen molar-refractivity contribution in [1.82, 2.24) is 0 Å². The Kier molecular flexibility index (Phi) is 4.11. The monoisotopic (exact) mass is 158 g/mol. The van der Waals surface area contributed by atoms with E-state index in [2.05, 4.69) is 13.8 Å². The fraction of sp³-hybridized carbons (Fsp3) is 0.875. The van der Waals surface area contributed by atoms with E-state index in [0.717, 1.165) is 6.42 Å². The molecule has 3 heteroatoms. The summed E-state index contributed by atoms with van der Waals surface area (Å²) in [6.07, 6.45) is 0.905. The zero-order valence-corrected chi connectivity index (χ0v) is 7.50. The van der Waals surface area contributed by atoms with E-state index in [1.165, 1.54) is 0 Å². The van der Waals surface area contributed by atoms with Crippen molar-refractivity contribution < 1.29 is 4.79 Å². The van der Waals surface area contributed by atoms with Crippen molar-refractivity contribution in [3.8, 4) is 0 Å². The minimum Gasteiger partial charge on any atom is -0.368 e. The lowest BCUT2D eigenvalue weighted by atomic mass is 9.86. The molecule has 0 saturated carbocycles. The summed E-state index contributed by atoms with van der Waals surface area (Å²) < 4.78 is 0. The van der Waals surface area contributed by atoms with Crippen LogP contribution in [-0.4, -0.2) is 11.9 Å². The number of carbonyl (C=O) groups excluding carboxylic acids is 1. The van der Waals surface area contributed by atoms with Gasteiger partial charge >= 0.3 is 0 Å². The van der Waals surface area contributed by atoms with Crippen molar-refractivity contribution in [2.75, 3.05) is 0 Å². The predicted octanol–water partition coefficient (Wildman–Crippen LogP) is 0.481. The van der Waals surface area contributed by atoms with Gasteiger partial charge in [-0.1, -0.05) is 27.2 Å². The van der Waals surface area contributed by atoms with Crippen LogP contribution < -0.4 is 11.5 Å². The van der Waals surface area contributed by atoms with Crippen LogP contribution in [0.4, 0.5) is 0 Å². The molecule has 0 radical (unpaired) electrons. The van der Waals surface area contributed by atoms with Gasteiger partial charge in [-0.15, -0.1) is 0 Å². The van der Waals surface area contributed by atoms with Gasteiger partial charge in [0.25, 0.3) is 0 Å². The molecule has 0 aliphatic carbocycles. The summed E-state index contributed by atoms with van der Waals surface area (Å²) in [6.45, 7) is 6.13. The van der Waals surface area contributed by atoms with Crippen LogP contribution in [0.3, 0.4) is 0 Å². The van der Waals surface area contributed by atoms with Crippen LogP contribution in [0.15, 0.2) is 0 Å². The third-order valence-corrected chi connectivity index (χ3v) is 2.12. The van der Waals surface area contributed by atoms with Gasteiger partial charge in [-0.2, -0.15) is 0 Å². The molecule has 0 aromatic carbocycles. The molecule has 4 N–H and O–H groups in total. The normalized spacial score (nSPS) is 16.5. The summed E-state index contributed by atoms with van der Waals surface area (Å²) in [6, 6.07) is -0.486. The maximum absolute atomic E-state index is 10.7. The second kappa shape index (κ2) is 4.34. The average Bonchev–Trinajstić information content (AvgIpc) is 1.88. The fourth-order valence-electron chi connectivity index (χ4n) is 1.35. The largest absolute Gasteiger partial charge is 0.368 e. The third kappa shape index (κ3) is 2.89.